The molecule has 1 aromatic rings. The minimum absolute atomic E-state index is 0.149. The lowest BCUT2D eigenvalue weighted by molar-refractivity contribution is -0.122. The van der Waals surface area contributed by atoms with Gasteiger partial charge in [0, 0.05) is 44.3 Å². The molecule has 1 N–H and O–H groups in total. The van der Waals surface area contributed by atoms with E-state index in [2.05, 4.69) is 27.0 Å². The molecular weight excluding hydrogens is 260 g/mol. The summed E-state index contributed by atoms with van der Waals surface area (Å²) in [5.41, 5.74) is 0. The first kappa shape index (κ1) is 14.3. The van der Waals surface area contributed by atoms with Crippen molar-refractivity contribution in [3.63, 3.8) is 0 Å². The molecule has 6 heteroatoms. The van der Waals surface area contributed by atoms with Gasteiger partial charge < -0.3 is 10.2 Å². The van der Waals surface area contributed by atoms with Gasteiger partial charge in [-0.2, -0.15) is 0 Å². The Hall–Kier alpha value is -1.14. The summed E-state index contributed by atoms with van der Waals surface area (Å²) < 4.78 is 0. The first-order valence-electron chi connectivity index (χ1n) is 6.93. The molecule has 1 aliphatic heterocycles. The number of thiazole rings is 1. The second-order valence-corrected chi connectivity index (χ2v) is 5.65. The van der Waals surface area contributed by atoms with E-state index in [4.69, 9.17) is 0 Å². The molecule has 1 amide bonds. The van der Waals surface area contributed by atoms with Crippen molar-refractivity contribution in [2.45, 2.75) is 19.8 Å². The molecule has 0 aromatic carbocycles. The van der Waals surface area contributed by atoms with E-state index in [1.54, 1.807) is 11.3 Å². The molecular formula is C13H22N4OS. The molecule has 1 saturated heterocycles. The Morgan fingerprint density at radius 3 is 2.84 bits per heavy atom. The van der Waals surface area contributed by atoms with Crippen LogP contribution in [0.15, 0.2) is 11.6 Å². The normalized spacial score (nSPS) is 16.6. The zero-order valence-corrected chi connectivity index (χ0v) is 12.3. The predicted octanol–water partition coefficient (Wildman–Crippen LogP) is 1.18. The van der Waals surface area contributed by atoms with E-state index in [1.807, 2.05) is 11.6 Å². The van der Waals surface area contributed by atoms with Crippen LogP contribution in [0.4, 0.5) is 5.13 Å². The summed E-state index contributed by atoms with van der Waals surface area (Å²) in [6.45, 7) is 7.22. The third-order valence-corrected chi connectivity index (χ3v) is 4.11. The summed E-state index contributed by atoms with van der Waals surface area (Å²) in [4.78, 5) is 20.5. The lowest BCUT2D eigenvalue weighted by Gasteiger charge is -2.34. The van der Waals surface area contributed by atoms with Crippen LogP contribution in [0.2, 0.25) is 0 Å². The van der Waals surface area contributed by atoms with E-state index in [1.165, 1.54) is 0 Å². The van der Waals surface area contributed by atoms with Gasteiger partial charge in [0.1, 0.15) is 0 Å². The van der Waals surface area contributed by atoms with Crippen LogP contribution in [-0.4, -0.2) is 55.1 Å². The van der Waals surface area contributed by atoms with Crippen molar-refractivity contribution in [1.82, 2.24) is 15.2 Å². The molecule has 5 nitrogen and oxygen atoms in total. The fraction of sp³-hybridized carbons (Fsp3) is 0.692. The first-order valence-corrected chi connectivity index (χ1v) is 7.81. The van der Waals surface area contributed by atoms with Crippen LogP contribution in [0.1, 0.15) is 19.8 Å². The largest absolute Gasteiger partial charge is 0.355 e. The van der Waals surface area contributed by atoms with Crippen molar-refractivity contribution in [1.29, 1.82) is 0 Å². The standard InChI is InChI=1S/C13H22N4OS/c1-2-3-4-14-12(18)11-16-6-8-17(9-7-16)13-15-5-10-19-13/h5,10H,2-4,6-9,11H2,1H3,(H,14,18). The maximum absolute atomic E-state index is 11.7. The Kier molecular flexibility index (Phi) is 5.60. The highest BCUT2D eigenvalue weighted by atomic mass is 32.1. The van der Waals surface area contributed by atoms with Gasteiger partial charge in [0.2, 0.25) is 5.91 Å². The maximum atomic E-state index is 11.7. The predicted molar refractivity (Wildman–Crippen MR) is 78.7 cm³/mol. The molecule has 0 saturated carbocycles. The molecule has 1 aromatic heterocycles. The van der Waals surface area contributed by atoms with E-state index in [9.17, 15) is 4.79 Å². The molecule has 0 unspecified atom stereocenters. The molecule has 0 aliphatic carbocycles. The summed E-state index contributed by atoms with van der Waals surface area (Å²) >= 11 is 1.68. The number of carbonyl (C=O) groups excluding carboxylic acids is 1. The van der Waals surface area contributed by atoms with Crippen LogP contribution < -0.4 is 10.2 Å². The number of rotatable bonds is 6. The molecule has 0 spiro atoms. The lowest BCUT2D eigenvalue weighted by atomic mass is 10.3. The van der Waals surface area contributed by atoms with Crippen molar-refractivity contribution in [2.24, 2.45) is 0 Å². The SMILES string of the molecule is CCCCNC(=O)CN1CCN(c2nccs2)CC1. The number of piperazine rings is 1. The van der Waals surface area contributed by atoms with Gasteiger partial charge in [-0.1, -0.05) is 13.3 Å². The number of nitrogens with one attached hydrogen (secondary N) is 1. The van der Waals surface area contributed by atoms with Gasteiger partial charge >= 0.3 is 0 Å². The molecule has 0 radical (unpaired) electrons. The van der Waals surface area contributed by atoms with Gasteiger partial charge in [0.15, 0.2) is 5.13 Å². The van der Waals surface area contributed by atoms with E-state index in [0.717, 1.165) is 50.7 Å². The highest BCUT2D eigenvalue weighted by Gasteiger charge is 2.19. The van der Waals surface area contributed by atoms with Gasteiger partial charge in [0.05, 0.1) is 6.54 Å². The molecule has 1 fully saturated rings. The van der Waals surface area contributed by atoms with Crippen LogP contribution in [0.25, 0.3) is 0 Å². The van der Waals surface area contributed by atoms with E-state index in [0.29, 0.717) is 6.54 Å². The second kappa shape index (κ2) is 7.45. The monoisotopic (exact) mass is 282 g/mol. The van der Waals surface area contributed by atoms with Crippen LogP contribution in [0.3, 0.4) is 0 Å². The van der Waals surface area contributed by atoms with Gasteiger partial charge in [-0.25, -0.2) is 4.98 Å². The fourth-order valence-corrected chi connectivity index (χ4v) is 2.83. The smallest absolute Gasteiger partial charge is 0.234 e. The van der Waals surface area contributed by atoms with E-state index in [-0.39, 0.29) is 5.91 Å². The number of aromatic nitrogens is 1. The number of carbonyl (C=O) groups is 1. The van der Waals surface area contributed by atoms with Gasteiger partial charge in [-0.05, 0) is 6.42 Å². The quantitative estimate of drug-likeness (QED) is 0.796. The Balaban J connectivity index is 1.67. The van der Waals surface area contributed by atoms with Crippen molar-refractivity contribution in [3.05, 3.63) is 11.6 Å². The van der Waals surface area contributed by atoms with Crippen molar-refractivity contribution < 1.29 is 4.79 Å². The Morgan fingerprint density at radius 1 is 1.42 bits per heavy atom. The van der Waals surface area contributed by atoms with Gasteiger partial charge in [-0.15, -0.1) is 11.3 Å². The highest BCUT2D eigenvalue weighted by molar-refractivity contribution is 7.13. The average Bonchev–Trinajstić information content (AvgIpc) is 2.94. The van der Waals surface area contributed by atoms with Gasteiger partial charge in [0.25, 0.3) is 0 Å². The molecule has 106 valence electrons. The number of hydrogen-bond acceptors (Lipinski definition) is 5. The van der Waals surface area contributed by atoms with Crippen LogP contribution >= 0.6 is 11.3 Å². The fourth-order valence-electron chi connectivity index (χ4n) is 2.13. The summed E-state index contributed by atoms with van der Waals surface area (Å²) in [6, 6.07) is 0. The lowest BCUT2D eigenvalue weighted by Crippen LogP contribution is -2.49. The average molecular weight is 282 g/mol. The topological polar surface area (TPSA) is 48.5 Å². The third kappa shape index (κ3) is 4.47. The van der Waals surface area contributed by atoms with Crippen molar-refractivity contribution in [2.75, 3.05) is 44.2 Å². The summed E-state index contributed by atoms with van der Waals surface area (Å²) in [5.74, 6) is 0.149. The van der Waals surface area contributed by atoms with E-state index < -0.39 is 0 Å². The second-order valence-electron chi connectivity index (χ2n) is 4.78. The minimum atomic E-state index is 0.149. The summed E-state index contributed by atoms with van der Waals surface area (Å²) in [7, 11) is 0. The number of unbranched alkanes of at least 4 members (excludes halogenated alkanes) is 1. The van der Waals surface area contributed by atoms with Gasteiger partial charge in [-0.3, -0.25) is 9.69 Å². The molecule has 2 rings (SSSR count). The summed E-state index contributed by atoms with van der Waals surface area (Å²) in [5, 5.41) is 6.06. The Bertz CT molecular complexity index is 374. The summed E-state index contributed by atoms with van der Waals surface area (Å²) in [6.07, 6.45) is 4.02. The number of anilines is 1. The maximum Gasteiger partial charge on any atom is 0.234 e. The zero-order valence-electron chi connectivity index (χ0n) is 11.5. The number of amides is 1. The molecule has 1 aliphatic rings. The Labute approximate surface area is 118 Å². The minimum Gasteiger partial charge on any atom is -0.355 e. The molecule has 2 heterocycles. The van der Waals surface area contributed by atoms with E-state index >= 15 is 0 Å². The van der Waals surface area contributed by atoms with Crippen LogP contribution in [0.5, 0.6) is 0 Å². The van der Waals surface area contributed by atoms with Crippen molar-refractivity contribution in [3.8, 4) is 0 Å². The third-order valence-electron chi connectivity index (χ3n) is 3.28. The highest BCUT2D eigenvalue weighted by Crippen LogP contribution is 2.18. The molecule has 19 heavy (non-hydrogen) atoms. The Morgan fingerprint density at radius 2 is 2.21 bits per heavy atom. The van der Waals surface area contributed by atoms with Crippen LogP contribution in [0, 0.1) is 0 Å². The molecule has 0 bridgehead atoms. The van der Waals surface area contributed by atoms with Crippen molar-refractivity contribution >= 4 is 22.4 Å². The number of hydrogen-bond donors (Lipinski definition) is 1. The first-order chi connectivity index (χ1) is 9.29. The number of nitrogens with zero attached hydrogens (tertiary/aromatic N) is 3. The zero-order chi connectivity index (χ0) is 13.5. The molecule has 0 atom stereocenters. The van der Waals surface area contributed by atoms with Crippen LogP contribution in [-0.2, 0) is 4.79 Å².